The summed E-state index contributed by atoms with van der Waals surface area (Å²) in [7, 11) is 2.60. The van der Waals surface area contributed by atoms with E-state index in [2.05, 4.69) is 9.84 Å². The van der Waals surface area contributed by atoms with Crippen LogP contribution in [0, 0.1) is 12.4 Å². The minimum Gasteiger partial charge on any atom is -0.466 e. The first-order chi connectivity index (χ1) is 13.6. The van der Waals surface area contributed by atoms with E-state index in [0.29, 0.717) is 19.1 Å². The first kappa shape index (κ1) is 22.6. The van der Waals surface area contributed by atoms with E-state index in [1.54, 1.807) is 0 Å². The standard InChI is InChI=1S/C20H20F4N2O3/c1-11-18(25-2)16(13-8-7-12(21)10-14(13)20(22,23)24)17(19(27)29-4)15(26-11)6-5-9-28-3/h7-8,10,16,18H,5-6,9H2,1,3-4H3. The molecule has 1 aliphatic heterocycles. The summed E-state index contributed by atoms with van der Waals surface area (Å²) in [5, 5.41) is 0. The van der Waals surface area contributed by atoms with Gasteiger partial charge in [-0.3, -0.25) is 4.99 Å². The molecule has 2 atom stereocenters. The topological polar surface area (TPSA) is 52.2 Å². The number of alkyl halides is 3. The third-order valence-corrected chi connectivity index (χ3v) is 4.64. The average Bonchev–Trinajstić information content (AvgIpc) is 2.66. The Hall–Kier alpha value is -2.73. The van der Waals surface area contributed by atoms with Crippen LogP contribution in [0.3, 0.4) is 0 Å². The molecule has 1 aromatic rings. The molecular weight excluding hydrogens is 392 g/mol. The predicted octanol–water partition coefficient (Wildman–Crippen LogP) is 4.54. The molecule has 0 saturated heterocycles. The van der Waals surface area contributed by atoms with Gasteiger partial charge in [-0.05, 0) is 37.5 Å². The molecule has 2 unspecified atom stereocenters. The molecule has 0 aromatic heterocycles. The first-order valence-corrected chi connectivity index (χ1v) is 8.74. The number of esters is 1. The molecule has 0 spiro atoms. The Morgan fingerprint density at radius 3 is 2.55 bits per heavy atom. The van der Waals surface area contributed by atoms with Crippen LogP contribution in [-0.2, 0) is 20.4 Å². The van der Waals surface area contributed by atoms with Gasteiger partial charge in [0.25, 0.3) is 6.04 Å². The number of methoxy groups -OCH3 is 2. The van der Waals surface area contributed by atoms with Gasteiger partial charge in [-0.1, -0.05) is 6.07 Å². The lowest BCUT2D eigenvalue weighted by Crippen LogP contribution is -2.34. The van der Waals surface area contributed by atoms with Gasteiger partial charge in [0.05, 0.1) is 35.6 Å². The summed E-state index contributed by atoms with van der Waals surface area (Å²) < 4.78 is 64.3. The zero-order valence-electron chi connectivity index (χ0n) is 16.1. The second-order valence-corrected chi connectivity index (χ2v) is 6.48. The summed E-state index contributed by atoms with van der Waals surface area (Å²) >= 11 is 0. The molecule has 2 rings (SSSR count). The Labute approximate surface area is 165 Å². The van der Waals surface area contributed by atoms with Gasteiger partial charge in [-0.15, -0.1) is 0 Å². The third kappa shape index (κ3) is 4.82. The van der Waals surface area contributed by atoms with Crippen LogP contribution in [0.1, 0.15) is 36.8 Å². The lowest BCUT2D eigenvalue weighted by molar-refractivity contribution is -0.139. The number of ether oxygens (including phenoxy) is 2. The van der Waals surface area contributed by atoms with Crippen molar-refractivity contribution in [1.82, 2.24) is 0 Å². The van der Waals surface area contributed by atoms with Crippen molar-refractivity contribution in [2.75, 3.05) is 20.8 Å². The Morgan fingerprint density at radius 2 is 2.00 bits per heavy atom. The highest BCUT2D eigenvalue weighted by Crippen LogP contribution is 2.44. The van der Waals surface area contributed by atoms with Crippen LogP contribution in [0.25, 0.3) is 4.85 Å². The highest BCUT2D eigenvalue weighted by molar-refractivity contribution is 6.00. The molecule has 9 heteroatoms. The van der Waals surface area contributed by atoms with Crippen LogP contribution in [-0.4, -0.2) is 38.5 Å². The summed E-state index contributed by atoms with van der Waals surface area (Å²) in [4.78, 5) is 20.3. The number of benzene rings is 1. The van der Waals surface area contributed by atoms with E-state index in [-0.39, 0.29) is 29.0 Å². The fourth-order valence-electron chi connectivity index (χ4n) is 3.39. The van der Waals surface area contributed by atoms with Crippen molar-refractivity contribution >= 4 is 11.7 Å². The molecule has 5 nitrogen and oxygen atoms in total. The molecular formula is C20H20F4N2O3. The first-order valence-electron chi connectivity index (χ1n) is 8.74. The average molecular weight is 412 g/mol. The zero-order valence-corrected chi connectivity index (χ0v) is 16.1. The van der Waals surface area contributed by atoms with Gasteiger partial charge < -0.3 is 14.3 Å². The maximum Gasteiger partial charge on any atom is 0.416 e. The molecule has 0 aliphatic carbocycles. The molecule has 1 aliphatic rings. The van der Waals surface area contributed by atoms with E-state index in [9.17, 15) is 22.4 Å². The van der Waals surface area contributed by atoms with E-state index < -0.39 is 35.5 Å². The number of halogens is 4. The smallest absolute Gasteiger partial charge is 0.416 e. The van der Waals surface area contributed by atoms with Crippen LogP contribution in [0.4, 0.5) is 17.6 Å². The largest absolute Gasteiger partial charge is 0.466 e. The van der Waals surface area contributed by atoms with E-state index in [1.807, 2.05) is 0 Å². The molecule has 1 aromatic carbocycles. The fraction of sp³-hybridized carbons (Fsp3) is 0.450. The number of allylic oxidation sites excluding steroid dienone is 1. The lowest BCUT2D eigenvalue weighted by atomic mass is 9.77. The van der Waals surface area contributed by atoms with Crippen LogP contribution < -0.4 is 0 Å². The molecule has 0 N–H and O–H groups in total. The van der Waals surface area contributed by atoms with Gasteiger partial charge in [0.1, 0.15) is 5.82 Å². The quantitative estimate of drug-likeness (QED) is 0.298. The van der Waals surface area contributed by atoms with E-state index in [4.69, 9.17) is 16.0 Å². The molecule has 0 radical (unpaired) electrons. The van der Waals surface area contributed by atoms with Gasteiger partial charge in [0.2, 0.25) is 0 Å². The number of rotatable bonds is 6. The maximum atomic E-state index is 13.6. The van der Waals surface area contributed by atoms with Gasteiger partial charge in [0, 0.05) is 13.7 Å². The second kappa shape index (κ2) is 9.18. The van der Waals surface area contributed by atoms with Crippen LogP contribution in [0.15, 0.2) is 34.5 Å². The van der Waals surface area contributed by atoms with Crippen molar-refractivity contribution in [3.8, 4) is 0 Å². The van der Waals surface area contributed by atoms with Crippen molar-refractivity contribution in [3.05, 3.63) is 57.8 Å². The highest BCUT2D eigenvalue weighted by atomic mass is 19.4. The fourth-order valence-corrected chi connectivity index (χ4v) is 3.39. The number of hydrogen-bond donors (Lipinski definition) is 0. The number of nitrogens with zero attached hydrogens (tertiary/aromatic N) is 2. The Balaban J connectivity index is 2.76. The monoisotopic (exact) mass is 412 g/mol. The van der Waals surface area contributed by atoms with Crippen molar-refractivity contribution in [2.24, 2.45) is 4.99 Å². The van der Waals surface area contributed by atoms with Gasteiger partial charge in [-0.2, -0.15) is 13.2 Å². The van der Waals surface area contributed by atoms with Crippen LogP contribution >= 0.6 is 0 Å². The summed E-state index contributed by atoms with van der Waals surface area (Å²) in [5.41, 5.74) is -1.19. The maximum absolute atomic E-state index is 13.6. The van der Waals surface area contributed by atoms with Gasteiger partial charge in [-0.25, -0.2) is 15.8 Å². The lowest BCUT2D eigenvalue weighted by Gasteiger charge is -2.28. The predicted molar refractivity (Wildman–Crippen MR) is 97.8 cm³/mol. The summed E-state index contributed by atoms with van der Waals surface area (Å²) in [6, 6.07) is 1.07. The number of aliphatic imine (C=N–C) groups is 1. The SMILES string of the molecule is [C-]#[N+]C1C(C)=NC(CCCOC)=C(C(=O)OC)C1c1ccc(F)cc1C(F)(F)F. The normalized spacial score (nSPS) is 19.6. The van der Waals surface area contributed by atoms with E-state index in [1.165, 1.54) is 14.0 Å². The minimum atomic E-state index is -4.87. The molecule has 1 heterocycles. The summed E-state index contributed by atoms with van der Waals surface area (Å²) in [6.45, 7) is 9.37. The van der Waals surface area contributed by atoms with Crippen LogP contribution in [0.2, 0.25) is 0 Å². The Kier molecular flexibility index (Phi) is 7.14. The van der Waals surface area contributed by atoms with E-state index in [0.717, 1.165) is 19.2 Å². The highest BCUT2D eigenvalue weighted by Gasteiger charge is 2.46. The molecule has 29 heavy (non-hydrogen) atoms. The van der Waals surface area contributed by atoms with Crippen molar-refractivity contribution in [1.29, 1.82) is 0 Å². The zero-order chi connectivity index (χ0) is 21.8. The molecule has 156 valence electrons. The molecule has 0 fully saturated rings. The molecule has 0 bridgehead atoms. The Morgan fingerprint density at radius 1 is 1.31 bits per heavy atom. The number of carbonyl (C=O) groups excluding carboxylic acids is 1. The van der Waals surface area contributed by atoms with Gasteiger partial charge in [0.15, 0.2) is 0 Å². The minimum absolute atomic E-state index is 0.118. The molecule has 0 amide bonds. The van der Waals surface area contributed by atoms with Gasteiger partial charge >= 0.3 is 12.1 Å². The number of hydrogen-bond acceptors (Lipinski definition) is 4. The van der Waals surface area contributed by atoms with Crippen molar-refractivity contribution in [2.45, 2.75) is 37.9 Å². The van der Waals surface area contributed by atoms with E-state index >= 15 is 0 Å². The number of carbonyl (C=O) groups is 1. The summed E-state index contributed by atoms with van der Waals surface area (Å²) in [6.07, 6.45) is -4.16. The van der Waals surface area contributed by atoms with Crippen molar-refractivity contribution < 1.29 is 31.8 Å². The van der Waals surface area contributed by atoms with Crippen LogP contribution in [0.5, 0.6) is 0 Å². The van der Waals surface area contributed by atoms with Crippen molar-refractivity contribution in [3.63, 3.8) is 0 Å². The molecule has 0 saturated carbocycles. The summed E-state index contributed by atoms with van der Waals surface area (Å²) in [5.74, 6) is -3.22. The Bertz CT molecular complexity index is 885. The second-order valence-electron chi connectivity index (χ2n) is 6.48. The third-order valence-electron chi connectivity index (χ3n) is 4.64.